The minimum absolute atomic E-state index is 0.125. The van der Waals surface area contributed by atoms with E-state index in [0.717, 1.165) is 28.0 Å². The van der Waals surface area contributed by atoms with E-state index in [1.807, 2.05) is 48.5 Å². The monoisotopic (exact) mass is 491 g/mol. The zero-order valence-corrected chi connectivity index (χ0v) is 22.1. The highest BCUT2D eigenvalue weighted by Crippen LogP contribution is 2.35. The Morgan fingerprint density at radius 1 is 0.941 bits per heavy atom. The van der Waals surface area contributed by atoms with E-state index in [1.165, 1.54) is 22.3 Å². The molecule has 0 saturated heterocycles. The van der Waals surface area contributed by atoms with Crippen LogP contribution >= 0.6 is 23.4 Å². The van der Waals surface area contributed by atoms with Crippen molar-refractivity contribution in [3.8, 4) is 22.8 Å². The van der Waals surface area contributed by atoms with Crippen molar-refractivity contribution in [2.45, 2.75) is 50.9 Å². The van der Waals surface area contributed by atoms with Gasteiger partial charge < -0.3 is 4.74 Å². The van der Waals surface area contributed by atoms with Crippen molar-refractivity contribution < 1.29 is 4.74 Å². The fraction of sp³-hybridized carbons (Fsp3) is 0.286. The van der Waals surface area contributed by atoms with Crippen LogP contribution in [0.25, 0.3) is 17.1 Å². The lowest BCUT2D eigenvalue weighted by Gasteiger charge is -2.22. The van der Waals surface area contributed by atoms with Crippen LogP contribution < -0.4 is 4.74 Å². The lowest BCUT2D eigenvalue weighted by atomic mass is 9.84. The van der Waals surface area contributed by atoms with Crippen LogP contribution in [0.15, 0.2) is 65.8 Å². The average Bonchev–Trinajstić information content (AvgIpc) is 3.22. The summed E-state index contributed by atoms with van der Waals surface area (Å²) in [6, 6.07) is 20.5. The van der Waals surface area contributed by atoms with Gasteiger partial charge in [0.1, 0.15) is 5.75 Å². The first-order valence-corrected chi connectivity index (χ1v) is 12.6. The number of benzene rings is 3. The summed E-state index contributed by atoms with van der Waals surface area (Å²) in [6.07, 6.45) is 0. The Balaban J connectivity index is 1.74. The van der Waals surface area contributed by atoms with Gasteiger partial charge in [0.25, 0.3) is 0 Å². The number of aromatic nitrogens is 3. The number of methoxy groups -OCH3 is 1. The van der Waals surface area contributed by atoms with Gasteiger partial charge >= 0.3 is 0 Å². The summed E-state index contributed by atoms with van der Waals surface area (Å²) in [7, 11) is 1.62. The number of hydrogen-bond acceptors (Lipinski definition) is 4. The molecule has 3 aromatic carbocycles. The maximum absolute atomic E-state index is 6.48. The predicted octanol–water partition coefficient (Wildman–Crippen LogP) is 7.80. The summed E-state index contributed by atoms with van der Waals surface area (Å²) >= 11 is 8.16. The predicted molar refractivity (Wildman–Crippen MR) is 143 cm³/mol. The molecule has 1 heterocycles. The van der Waals surface area contributed by atoms with Crippen LogP contribution in [0.5, 0.6) is 5.75 Å². The Bertz CT molecular complexity index is 1290. The van der Waals surface area contributed by atoms with Crippen LogP contribution in [0, 0.1) is 13.8 Å². The van der Waals surface area contributed by atoms with Crippen molar-refractivity contribution >= 4 is 23.4 Å². The first-order chi connectivity index (χ1) is 16.2. The van der Waals surface area contributed by atoms with Crippen molar-refractivity contribution in [3.05, 3.63) is 87.9 Å². The summed E-state index contributed by atoms with van der Waals surface area (Å²) < 4.78 is 7.42. The van der Waals surface area contributed by atoms with Gasteiger partial charge in [0.2, 0.25) is 0 Å². The summed E-state index contributed by atoms with van der Waals surface area (Å²) in [4.78, 5) is 0. The van der Waals surface area contributed by atoms with Crippen LogP contribution in [0.3, 0.4) is 0 Å². The Morgan fingerprint density at radius 3 is 2.21 bits per heavy atom. The molecule has 1 aromatic heterocycles. The van der Waals surface area contributed by atoms with Crippen molar-refractivity contribution in [3.63, 3.8) is 0 Å². The maximum Gasteiger partial charge on any atom is 0.196 e. The van der Waals surface area contributed by atoms with Gasteiger partial charge in [0.15, 0.2) is 11.0 Å². The topological polar surface area (TPSA) is 39.9 Å². The number of thioether (sulfide) groups is 1. The van der Waals surface area contributed by atoms with Crippen molar-refractivity contribution in [2.75, 3.05) is 7.11 Å². The molecule has 34 heavy (non-hydrogen) atoms. The first-order valence-electron chi connectivity index (χ1n) is 11.3. The molecule has 0 aliphatic rings. The number of halogens is 1. The lowest BCUT2D eigenvalue weighted by Crippen LogP contribution is -2.12. The van der Waals surface area contributed by atoms with E-state index in [1.54, 1.807) is 18.9 Å². The van der Waals surface area contributed by atoms with Gasteiger partial charge in [0, 0.05) is 11.3 Å². The van der Waals surface area contributed by atoms with Crippen molar-refractivity contribution in [1.82, 2.24) is 14.8 Å². The fourth-order valence-electron chi connectivity index (χ4n) is 3.96. The van der Waals surface area contributed by atoms with Gasteiger partial charge in [-0.3, -0.25) is 4.57 Å². The first kappa shape index (κ1) is 24.4. The molecule has 6 heteroatoms. The second kappa shape index (κ2) is 9.85. The van der Waals surface area contributed by atoms with Gasteiger partial charge in [-0.2, -0.15) is 0 Å². The number of ether oxygens (including phenoxy) is 1. The lowest BCUT2D eigenvalue weighted by molar-refractivity contribution is 0.415. The molecule has 0 saturated carbocycles. The maximum atomic E-state index is 6.48. The SMILES string of the molecule is COc1ccc(-n2c(SCc3c(C)cc(C(C)(C)C)cc3C)nnc2-c2ccccc2)cc1Cl. The minimum atomic E-state index is 0.125. The van der Waals surface area contributed by atoms with Gasteiger partial charge in [-0.05, 0) is 59.7 Å². The number of rotatable bonds is 6. The minimum Gasteiger partial charge on any atom is -0.495 e. The third-order valence-electron chi connectivity index (χ3n) is 5.97. The summed E-state index contributed by atoms with van der Waals surface area (Å²) in [6.45, 7) is 11.2. The van der Waals surface area contributed by atoms with E-state index in [0.29, 0.717) is 10.8 Å². The van der Waals surface area contributed by atoms with E-state index in [9.17, 15) is 0 Å². The molecule has 0 amide bonds. The molecule has 0 bridgehead atoms. The average molecular weight is 492 g/mol. The fourth-order valence-corrected chi connectivity index (χ4v) is 5.36. The molecule has 0 aliphatic carbocycles. The third-order valence-corrected chi connectivity index (χ3v) is 7.22. The third kappa shape index (κ3) is 5.01. The van der Waals surface area contributed by atoms with E-state index in [-0.39, 0.29) is 5.41 Å². The molecule has 176 valence electrons. The molecule has 0 radical (unpaired) electrons. The van der Waals surface area contributed by atoms with E-state index >= 15 is 0 Å². The molecular formula is C28H30ClN3OS. The smallest absolute Gasteiger partial charge is 0.196 e. The molecule has 0 fully saturated rings. The van der Waals surface area contributed by atoms with Crippen LogP contribution in [-0.2, 0) is 11.2 Å². The molecule has 0 atom stereocenters. The van der Waals surface area contributed by atoms with Gasteiger partial charge in [-0.1, -0.05) is 86.6 Å². The van der Waals surface area contributed by atoms with Crippen molar-refractivity contribution in [2.24, 2.45) is 0 Å². The Hall–Kier alpha value is -2.76. The molecule has 4 aromatic rings. The van der Waals surface area contributed by atoms with Crippen LogP contribution in [0.4, 0.5) is 0 Å². The quantitative estimate of drug-likeness (QED) is 0.258. The Labute approximate surface area is 211 Å². The summed E-state index contributed by atoms with van der Waals surface area (Å²) in [5.41, 5.74) is 7.32. The van der Waals surface area contributed by atoms with E-state index in [4.69, 9.17) is 16.3 Å². The van der Waals surface area contributed by atoms with Crippen LogP contribution in [0.2, 0.25) is 5.02 Å². The zero-order chi connectivity index (χ0) is 24.5. The molecule has 4 nitrogen and oxygen atoms in total. The highest BCUT2D eigenvalue weighted by Gasteiger charge is 2.20. The second-order valence-electron chi connectivity index (χ2n) is 9.45. The molecule has 0 spiro atoms. The normalized spacial score (nSPS) is 11.6. The Kier molecular flexibility index (Phi) is 7.06. The highest BCUT2D eigenvalue weighted by atomic mass is 35.5. The molecule has 0 N–H and O–H groups in total. The van der Waals surface area contributed by atoms with Crippen LogP contribution in [-0.4, -0.2) is 21.9 Å². The highest BCUT2D eigenvalue weighted by molar-refractivity contribution is 7.98. The van der Waals surface area contributed by atoms with Gasteiger partial charge in [-0.15, -0.1) is 10.2 Å². The number of hydrogen-bond donors (Lipinski definition) is 0. The standard InChI is InChI=1S/C28H30ClN3OS/c1-18-14-21(28(3,4)5)15-19(2)23(18)17-34-27-31-30-26(20-10-8-7-9-11-20)32(27)22-12-13-25(33-6)24(29)16-22/h7-16H,17H2,1-6H3. The van der Waals surface area contributed by atoms with Crippen LogP contribution in [0.1, 0.15) is 43.0 Å². The molecule has 0 aliphatic heterocycles. The summed E-state index contributed by atoms with van der Waals surface area (Å²) in [5.74, 6) is 2.22. The Morgan fingerprint density at radius 2 is 1.62 bits per heavy atom. The van der Waals surface area contributed by atoms with E-state index in [2.05, 4.69) is 61.5 Å². The zero-order valence-electron chi connectivity index (χ0n) is 20.5. The molecule has 4 rings (SSSR count). The van der Waals surface area contributed by atoms with E-state index < -0.39 is 0 Å². The largest absolute Gasteiger partial charge is 0.495 e. The number of nitrogens with zero attached hydrogens (tertiary/aromatic N) is 3. The second-order valence-corrected chi connectivity index (χ2v) is 10.8. The molecule has 0 unspecified atom stereocenters. The summed E-state index contributed by atoms with van der Waals surface area (Å²) in [5, 5.41) is 10.5. The number of aryl methyl sites for hydroxylation is 2. The van der Waals surface area contributed by atoms with Gasteiger partial charge in [0.05, 0.1) is 17.8 Å². The van der Waals surface area contributed by atoms with Crippen molar-refractivity contribution in [1.29, 1.82) is 0 Å². The molecular weight excluding hydrogens is 462 g/mol. The van der Waals surface area contributed by atoms with Gasteiger partial charge in [-0.25, -0.2) is 0 Å².